The quantitative estimate of drug-likeness (QED) is 0.670. The lowest BCUT2D eigenvalue weighted by Gasteiger charge is -1.98. The van der Waals surface area contributed by atoms with Crippen LogP contribution in [-0.2, 0) is 0 Å². The SMILES string of the molecule is O=C(CSc1csc(=O)[nH]1)c1ccccc1. The minimum Gasteiger partial charge on any atom is -0.307 e. The number of benzene rings is 1. The molecule has 0 bridgehead atoms. The molecule has 0 saturated carbocycles. The van der Waals surface area contributed by atoms with Crippen molar-refractivity contribution in [3.63, 3.8) is 0 Å². The van der Waals surface area contributed by atoms with Crippen molar-refractivity contribution < 1.29 is 4.79 Å². The number of nitrogens with one attached hydrogen (secondary N) is 1. The molecule has 0 unspecified atom stereocenters. The van der Waals surface area contributed by atoms with Gasteiger partial charge in [-0.3, -0.25) is 9.59 Å². The monoisotopic (exact) mass is 251 g/mol. The van der Waals surface area contributed by atoms with E-state index in [-0.39, 0.29) is 10.7 Å². The number of ketones is 1. The van der Waals surface area contributed by atoms with Crippen LogP contribution in [0.5, 0.6) is 0 Å². The van der Waals surface area contributed by atoms with Crippen molar-refractivity contribution in [3.05, 3.63) is 50.9 Å². The molecule has 1 aromatic heterocycles. The molecule has 0 amide bonds. The molecule has 2 aromatic rings. The molecule has 5 heteroatoms. The van der Waals surface area contributed by atoms with E-state index in [9.17, 15) is 9.59 Å². The largest absolute Gasteiger partial charge is 0.307 e. The number of carbonyl (C=O) groups is 1. The van der Waals surface area contributed by atoms with Gasteiger partial charge < -0.3 is 4.98 Å². The maximum absolute atomic E-state index is 11.7. The zero-order valence-electron chi connectivity index (χ0n) is 8.30. The van der Waals surface area contributed by atoms with Crippen molar-refractivity contribution in [2.45, 2.75) is 5.03 Å². The predicted molar refractivity (Wildman–Crippen MR) is 66.4 cm³/mol. The van der Waals surface area contributed by atoms with E-state index < -0.39 is 0 Å². The van der Waals surface area contributed by atoms with Crippen molar-refractivity contribution in [1.82, 2.24) is 4.98 Å². The normalized spacial score (nSPS) is 10.2. The van der Waals surface area contributed by atoms with Gasteiger partial charge in [0, 0.05) is 10.9 Å². The molecule has 16 heavy (non-hydrogen) atoms. The molecule has 0 atom stereocenters. The fraction of sp³-hybridized carbons (Fsp3) is 0.0909. The zero-order chi connectivity index (χ0) is 11.4. The van der Waals surface area contributed by atoms with E-state index >= 15 is 0 Å². The van der Waals surface area contributed by atoms with Crippen molar-refractivity contribution in [3.8, 4) is 0 Å². The molecule has 3 nitrogen and oxygen atoms in total. The van der Waals surface area contributed by atoms with Crippen LogP contribution in [0.4, 0.5) is 0 Å². The predicted octanol–water partition coefficient (Wildman–Crippen LogP) is 2.41. The van der Waals surface area contributed by atoms with Crippen molar-refractivity contribution in [2.24, 2.45) is 0 Å². The van der Waals surface area contributed by atoms with E-state index in [1.54, 1.807) is 17.5 Å². The number of hydrogen-bond donors (Lipinski definition) is 1. The van der Waals surface area contributed by atoms with Gasteiger partial charge in [-0.2, -0.15) is 0 Å². The van der Waals surface area contributed by atoms with Crippen LogP contribution in [0.2, 0.25) is 0 Å². The third-order valence-corrected chi connectivity index (χ3v) is 3.71. The summed E-state index contributed by atoms with van der Waals surface area (Å²) in [6.45, 7) is 0. The first-order chi connectivity index (χ1) is 7.75. The van der Waals surface area contributed by atoms with E-state index in [2.05, 4.69) is 4.98 Å². The fourth-order valence-corrected chi connectivity index (χ4v) is 2.73. The zero-order valence-corrected chi connectivity index (χ0v) is 9.94. The molecule has 2 rings (SSSR count). The van der Waals surface area contributed by atoms with Gasteiger partial charge in [-0.25, -0.2) is 0 Å². The number of rotatable bonds is 4. The Hall–Kier alpha value is -1.33. The molecular weight excluding hydrogens is 242 g/mol. The number of aromatic nitrogens is 1. The first kappa shape index (κ1) is 11.2. The third kappa shape index (κ3) is 2.84. The van der Waals surface area contributed by atoms with Crippen LogP contribution >= 0.6 is 23.1 Å². The number of aromatic amines is 1. The molecule has 0 spiro atoms. The Kier molecular flexibility index (Phi) is 3.58. The minimum atomic E-state index is -0.0883. The molecule has 0 aliphatic carbocycles. The van der Waals surface area contributed by atoms with Gasteiger partial charge in [0.05, 0.1) is 10.8 Å². The maximum Gasteiger partial charge on any atom is 0.305 e. The molecule has 1 heterocycles. The molecular formula is C11H9NO2S2. The summed E-state index contributed by atoms with van der Waals surface area (Å²) < 4.78 is 0. The highest BCUT2D eigenvalue weighted by Gasteiger charge is 2.06. The van der Waals surface area contributed by atoms with E-state index in [1.165, 1.54) is 11.8 Å². The van der Waals surface area contributed by atoms with Gasteiger partial charge in [0.25, 0.3) is 0 Å². The average molecular weight is 251 g/mol. The highest BCUT2D eigenvalue weighted by atomic mass is 32.2. The Morgan fingerprint density at radius 1 is 1.31 bits per heavy atom. The molecule has 1 aromatic carbocycles. The summed E-state index contributed by atoms with van der Waals surface area (Å²) in [4.78, 5) is 25.2. The van der Waals surface area contributed by atoms with Crippen LogP contribution in [0.1, 0.15) is 10.4 Å². The third-order valence-electron chi connectivity index (χ3n) is 1.95. The molecule has 0 saturated heterocycles. The van der Waals surface area contributed by atoms with Gasteiger partial charge in [0.2, 0.25) is 0 Å². The smallest absolute Gasteiger partial charge is 0.305 e. The highest BCUT2D eigenvalue weighted by Crippen LogP contribution is 2.16. The molecule has 0 aliphatic rings. The number of thioether (sulfide) groups is 1. The summed E-state index contributed by atoms with van der Waals surface area (Å²) in [5.74, 6) is 0.411. The summed E-state index contributed by atoms with van der Waals surface area (Å²) in [6, 6.07) is 9.13. The van der Waals surface area contributed by atoms with Crippen LogP contribution < -0.4 is 4.87 Å². The maximum atomic E-state index is 11.7. The minimum absolute atomic E-state index is 0.0673. The fourth-order valence-electron chi connectivity index (χ4n) is 1.19. The Morgan fingerprint density at radius 3 is 2.69 bits per heavy atom. The lowest BCUT2D eigenvalue weighted by atomic mass is 10.2. The number of thiazole rings is 1. The second kappa shape index (κ2) is 5.14. The first-order valence-electron chi connectivity index (χ1n) is 4.64. The number of Topliss-reactive ketones (excluding diaryl/α,β-unsaturated/α-hetero) is 1. The van der Waals surface area contributed by atoms with Gasteiger partial charge in [-0.15, -0.1) is 0 Å². The van der Waals surface area contributed by atoms with Crippen molar-refractivity contribution in [2.75, 3.05) is 5.75 Å². The summed E-state index contributed by atoms with van der Waals surface area (Å²) in [6.07, 6.45) is 0. The van der Waals surface area contributed by atoms with Gasteiger partial charge in [0.1, 0.15) is 0 Å². The lowest BCUT2D eigenvalue weighted by molar-refractivity contribution is 0.102. The van der Waals surface area contributed by atoms with Crippen LogP contribution in [0.25, 0.3) is 0 Å². The summed E-state index contributed by atoms with van der Waals surface area (Å²) >= 11 is 2.46. The van der Waals surface area contributed by atoms with Crippen LogP contribution in [0.3, 0.4) is 0 Å². The highest BCUT2D eigenvalue weighted by molar-refractivity contribution is 8.00. The lowest BCUT2D eigenvalue weighted by Crippen LogP contribution is -2.02. The van der Waals surface area contributed by atoms with Crippen LogP contribution in [0.15, 0.2) is 45.5 Å². The number of carbonyl (C=O) groups excluding carboxylic acids is 1. The number of hydrogen-bond acceptors (Lipinski definition) is 4. The van der Waals surface area contributed by atoms with Crippen LogP contribution in [-0.4, -0.2) is 16.5 Å². The Bertz CT molecular complexity index is 530. The van der Waals surface area contributed by atoms with E-state index in [0.29, 0.717) is 11.3 Å². The second-order valence-electron chi connectivity index (χ2n) is 3.09. The van der Waals surface area contributed by atoms with Gasteiger partial charge in [0.15, 0.2) is 5.78 Å². The standard InChI is InChI=1S/C11H9NO2S2/c13-9(8-4-2-1-3-5-8)6-15-10-7-16-11(14)12-10/h1-5,7H,6H2,(H,12,14). The Balaban J connectivity index is 1.96. The molecule has 0 fully saturated rings. The molecule has 82 valence electrons. The first-order valence-corrected chi connectivity index (χ1v) is 6.51. The topological polar surface area (TPSA) is 49.9 Å². The average Bonchev–Trinajstić information content (AvgIpc) is 2.73. The van der Waals surface area contributed by atoms with Gasteiger partial charge in [-0.05, 0) is 0 Å². The van der Waals surface area contributed by atoms with E-state index in [4.69, 9.17) is 0 Å². The van der Waals surface area contributed by atoms with Crippen molar-refractivity contribution in [1.29, 1.82) is 0 Å². The Labute approximate surface area is 101 Å². The summed E-state index contributed by atoms with van der Waals surface area (Å²) in [5, 5.41) is 2.48. The molecule has 0 radical (unpaired) electrons. The van der Waals surface area contributed by atoms with Crippen molar-refractivity contribution >= 4 is 28.9 Å². The van der Waals surface area contributed by atoms with Gasteiger partial charge in [-0.1, -0.05) is 53.4 Å². The van der Waals surface area contributed by atoms with Crippen LogP contribution in [0, 0.1) is 0 Å². The van der Waals surface area contributed by atoms with Gasteiger partial charge >= 0.3 is 4.87 Å². The summed E-state index contributed by atoms with van der Waals surface area (Å²) in [5.41, 5.74) is 0.701. The van der Waals surface area contributed by atoms with E-state index in [1.807, 2.05) is 18.2 Å². The second-order valence-corrected chi connectivity index (χ2v) is 4.95. The summed E-state index contributed by atoms with van der Waals surface area (Å²) in [7, 11) is 0. The molecule has 1 N–H and O–H groups in total. The Morgan fingerprint density at radius 2 is 2.06 bits per heavy atom. The molecule has 0 aliphatic heterocycles. The van der Waals surface area contributed by atoms with E-state index in [0.717, 1.165) is 16.4 Å². The number of H-pyrrole nitrogens is 1.